The average Bonchev–Trinajstić information content (AvgIpc) is 2.30. The van der Waals surface area contributed by atoms with E-state index in [2.05, 4.69) is 0 Å². The van der Waals surface area contributed by atoms with Crippen LogP contribution in [-0.2, 0) is 0 Å². The minimum Gasteiger partial charge on any atom is -0.258 e. The number of nitro groups is 1. The van der Waals surface area contributed by atoms with Crippen LogP contribution in [-0.4, -0.2) is 4.92 Å². The summed E-state index contributed by atoms with van der Waals surface area (Å²) in [6.07, 6.45) is 0. The van der Waals surface area contributed by atoms with Gasteiger partial charge in [0, 0.05) is 17.7 Å². The Hall–Kier alpha value is -2.23. The van der Waals surface area contributed by atoms with Crippen molar-refractivity contribution in [2.75, 3.05) is 0 Å². The smallest absolute Gasteiger partial charge is 0.258 e. The Kier molecular flexibility index (Phi) is 3.10. The van der Waals surface area contributed by atoms with Gasteiger partial charge in [-0.25, -0.2) is 4.39 Å². The molecule has 0 aliphatic rings. The molecule has 0 saturated carbocycles. The lowest BCUT2D eigenvalue weighted by Crippen LogP contribution is -1.93. The van der Waals surface area contributed by atoms with E-state index in [1.807, 2.05) is 26.0 Å². The summed E-state index contributed by atoms with van der Waals surface area (Å²) in [6.45, 7) is 3.81. The highest BCUT2D eigenvalue weighted by Crippen LogP contribution is 2.29. The molecule has 92 valence electrons. The molecule has 0 atom stereocenters. The molecule has 0 amide bonds. The summed E-state index contributed by atoms with van der Waals surface area (Å²) in [7, 11) is 0. The first-order valence-electron chi connectivity index (χ1n) is 5.50. The zero-order valence-corrected chi connectivity index (χ0v) is 10.1. The summed E-state index contributed by atoms with van der Waals surface area (Å²) in [5, 5.41) is 10.7. The third-order valence-electron chi connectivity index (χ3n) is 2.83. The van der Waals surface area contributed by atoms with Crippen LogP contribution in [0.1, 0.15) is 11.1 Å². The Bertz CT molecular complexity index is 623. The second-order valence-corrected chi connectivity index (χ2v) is 4.24. The molecule has 2 rings (SSSR count). The van der Waals surface area contributed by atoms with Crippen molar-refractivity contribution < 1.29 is 9.31 Å². The van der Waals surface area contributed by atoms with Crippen LogP contribution in [0.4, 0.5) is 10.1 Å². The second-order valence-electron chi connectivity index (χ2n) is 4.24. The minimum atomic E-state index is -0.521. The Morgan fingerprint density at radius 3 is 2.39 bits per heavy atom. The monoisotopic (exact) mass is 245 g/mol. The molecule has 0 radical (unpaired) electrons. The normalized spacial score (nSPS) is 10.4. The maximum atomic E-state index is 13.8. The predicted octanol–water partition coefficient (Wildman–Crippen LogP) is 4.02. The van der Waals surface area contributed by atoms with Gasteiger partial charge in [0.15, 0.2) is 0 Å². The number of nitrogens with zero attached hydrogens (tertiary/aromatic N) is 1. The second kappa shape index (κ2) is 4.56. The summed E-state index contributed by atoms with van der Waals surface area (Å²) in [5.74, 6) is -0.451. The topological polar surface area (TPSA) is 43.1 Å². The molecule has 4 heteroatoms. The molecule has 0 aromatic heterocycles. The van der Waals surface area contributed by atoms with E-state index in [4.69, 9.17) is 0 Å². The Morgan fingerprint density at radius 2 is 1.78 bits per heavy atom. The number of non-ortho nitro benzene ring substituents is 1. The number of rotatable bonds is 2. The van der Waals surface area contributed by atoms with Crippen molar-refractivity contribution in [2.24, 2.45) is 0 Å². The van der Waals surface area contributed by atoms with Crippen molar-refractivity contribution in [3.63, 3.8) is 0 Å². The van der Waals surface area contributed by atoms with E-state index in [0.29, 0.717) is 5.56 Å². The molecule has 0 N–H and O–H groups in total. The first-order valence-corrected chi connectivity index (χ1v) is 5.50. The summed E-state index contributed by atoms with van der Waals surface area (Å²) in [5.41, 5.74) is 2.81. The van der Waals surface area contributed by atoms with Crippen molar-refractivity contribution in [2.45, 2.75) is 13.8 Å². The van der Waals surface area contributed by atoms with Crippen LogP contribution in [0.3, 0.4) is 0 Å². The Labute approximate surface area is 104 Å². The zero-order valence-electron chi connectivity index (χ0n) is 10.1. The highest BCUT2D eigenvalue weighted by Gasteiger charge is 2.13. The van der Waals surface area contributed by atoms with Gasteiger partial charge in [-0.3, -0.25) is 10.1 Å². The lowest BCUT2D eigenvalue weighted by molar-refractivity contribution is -0.384. The summed E-state index contributed by atoms with van der Waals surface area (Å²) >= 11 is 0. The number of hydrogen-bond acceptors (Lipinski definition) is 2. The van der Waals surface area contributed by atoms with Gasteiger partial charge in [-0.1, -0.05) is 23.8 Å². The zero-order chi connectivity index (χ0) is 13.3. The largest absolute Gasteiger partial charge is 0.270 e. The molecule has 0 saturated heterocycles. The van der Waals surface area contributed by atoms with Crippen molar-refractivity contribution >= 4 is 5.69 Å². The fourth-order valence-corrected chi connectivity index (χ4v) is 1.95. The summed E-state index contributed by atoms with van der Waals surface area (Å²) in [4.78, 5) is 10.2. The van der Waals surface area contributed by atoms with Crippen LogP contribution < -0.4 is 0 Å². The van der Waals surface area contributed by atoms with Crippen molar-refractivity contribution in [1.82, 2.24) is 0 Å². The first kappa shape index (κ1) is 12.2. The number of halogens is 1. The summed E-state index contributed by atoms with van der Waals surface area (Å²) in [6, 6.07) is 9.14. The molecule has 0 unspecified atom stereocenters. The quantitative estimate of drug-likeness (QED) is 0.592. The fourth-order valence-electron chi connectivity index (χ4n) is 1.95. The van der Waals surface area contributed by atoms with E-state index >= 15 is 0 Å². The predicted molar refractivity (Wildman–Crippen MR) is 68.0 cm³/mol. The molecule has 0 bridgehead atoms. The number of hydrogen-bond donors (Lipinski definition) is 0. The molecule has 0 spiro atoms. The van der Waals surface area contributed by atoms with Crippen LogP contribution in [0.25, 0.3) is 11.1 Å². The Morgan fingerprint density at radius 1 is 1.06 bits per heavy atom. The van der Waals surface area contributed by atoms with Gasteiger partial charge in [-0.15, -0.1) is 0 Å². The van der Waals surface area contributed by atoms with Crippen LogP contribution in [0.5, 0.6) is 0 Å². The number of benzene rings is 2. The van der Waals surface area contributed by atoms with Gasteiger partial charge < -0.3 is 0 Å². The van der Waals surface area contributed by atoms with Gasteiger partial charge in [0.25, 0.3) is 5.69 Å². The van der Waals surface area contributed by atoms with E-state index in [1.54, 1.807) is 6.07 Å². The van der Waals surface area contributed by atoms with E-state index < -0.39 is 10.7 Å². The van der Waals surface area contributed by atoms with Gasteiger partial charge in [-0.2, -0.15) is 0 Å². The highest BCUT2D eigenvalue weighted by molar-refractivity contribution is 5.70. The lowest BCUT2D eigenvalue weighted by atomic mass is 9.98. The molecule has 18 heavy (non-hydrogen) atoms. The van der Waals surface area contributed by atoms with Crippen LogP contribution in [0, 0.1) is 29.8 Å². The third kappa shape index (κ3) is 2.22. The third-order valence-corrected chi connectivity index (χ3v) is 2.83. The highest BCUT2D eigenvalue weighted by atomic mass is 19.1. The maximum absolute atomic E-state index is 13.8. The minimum absolute atomic E-state index is 0.105. The van der Waals surface area contributed by atoms with Crippen molar-refractivity contribution in [3.05, 3.63) is 63.5 Å². The Balaban J connectivity index is 2.62. The number of nitro benzene ring substituents is 1. The first-order chi connectivity index (χ1) is 8.49. The average molecular weight is 245 g/mol. The maximum Gasteiger partial charge on any atom is 0.270 e. The molecular weight excluding hydrogens is 233 g/mol. The summed E-state index contributed by atoms with van der Waals surface area (Å²) < 4.78 is 13.8. The van der Waals surface area contributed by atoms with E-state index in [-0.39, 0.29) is 11.3 Å². The van der Waals surface area contributed by atoms with Crippen LogP contribution in [0.15, 0.2) is 36.4 Å². The SMILES string of the molecule is Cc1ccc(-c2cc([N+](=O)[O-])ccc2F)c(C)c1. The molecule has 3 nitrogen and oxygen atoms in total. The lowest BCUT2D eigenvalue weighted by Gasteiger charge is -2.08. The van der Waals surface area contributed by atoms with E-state index in [0.717, 1.165) is 17.2 Å². The standard InChI is InChI=1S/C14H12FNO2/c1-9-3-5-12(10(2)7-9)13-8-11(16(17)18)4-6-14(13)15/h3-8H,1-2H3. The molecular formula is C14H12FNO2. The van der Waals surface area contributed by atoms with Gasteiger partial charge >= 0.3 is 0 Å². The van der Waals surface area contributed by atoms with Gasteiger partial charge in [0.2, 0.25) is 0 Å². The molecule has 2 aromatic rings. The van der Waals surface area contributed by atoms with Gasteiger partial charge in [0.1, 0.15) is 5.82 Å². The van der Waals surface area contributed by atoms with Gasteiger partial charge in [-0.05, 0) is 31.0 Å². The van der Waals surface area contributed by atoms with Crippen molar-refractivity contribution in [3.8, 4) is 11.1 Å². The molecule has 0 aliphatic heterocycles. The van der Waals surface area contributed by atoms with Crippen molar-refractivity contribution in [1.29, 1.82) is 0 Å². The van der Waals surface area contributed by atoms with Gasteiger partial charge in [0.05, 0.1) is 4.92 Å². The van der Waals surface area contributed by atoms with Crippen LogP contribution >= 0.6 is 0 Å². The molecule has 0 aliphatic carbocycles. The van der Waals surface area contributed by atoms with E-state index in [1.165, 1.54) is 12.1 Å². The molecule has 0 fully saturated rings. The number of aryl methyl sites for hydroxylation is 2. The molecule has 0 heterocycles. The van der Waals surface area contributed by atoms with E-state index in [9.17, 15) is 14.5 Å². The molecule has 2 aromatic carbocycles. The fraction of sp³-hybridized carbons (Fsp3) is 0.143. The van der Waals surface area contributed by atoms with Crippen LogP contribution in [0.2, 0.25) is 0 Å².